The van der Waals surface area contributed by atoms with Crippen LogP contribution < -0.4 is 10.1 Å². The van der Waals surface area contributed by atoms with Crippen molar-refractivity contribution in [2.45, 2.75) is 32.4 Å². The third-order valence-corrected chi connectivity index (χ3v) is 4.49. The summed E-state index contributed by atoms with van der Waals surface area (Å²) in [7, 11) is 0. The van der Waals surface area contributed by atoms with E-state index in [0.717, 1.165) is 16.8 Å². The van der Waals surface area contributed by atoms with Gasteiger partial charge in [0.1, 0.15) is 11.8 Å². The first-order valence-corrected chi connectivity index (χ1v) is 8.54. The maximum atomic E-state index is 12.8. The Labute approximate surface area is 152 Å². The zero-order valence-corrected chi connectivity index (χ0v) is 14.8. The van der Waals surface area contributed by atoms with Gasteiger partial charge in [-0.2, -0.15) is 0 Å². The lowest BCUT2D eigenvalue weighted by Gasteiger charge is -2.23. The number of amides is 2. The van der Waals surface area contributed by atoms with Crippen molar-refractivity contribution < 1.29 is 19.4 Å². The molecule has 0 saturated carbocycles. The highest BCUT2D eigenvalue weighted by molar-refractivity contribution is 5.98. The van der Waals surface area contributed by atoms with Crippen LogP contribution in [0.5, 0.6) is 5.75 Å². The number of likely N-dealkylation sites (tertiary alicyclic amines) is 1. The van der Waals surface area contributed by atoms with E-state index in [4.69, 9.17) is 4.74 Å². The lowest BCUT2D eigenvalue weighted by Crippen LogP contribution is -2.44. The van der Waals surface area contributed by atoms with E-state index in [9.17, 15) is 14.7 Å². The summed E-state index contributed by atoms with van der Waals surface area (Å²) in [5.41, 5.74) is 2.61. The number of carbonyl (C=O) groups excluding carboxylic acids is 2. The van der Waals surface area contributed by atoms with E-state index in [2.05, 4.69) is 5.32 Å². The van der Waals surface area contributed by atoms with Crippen LogP contribution in [-0.2, 0) is 4.79 Å². The highest BCUT2D eigenvalue weighted by Gasteiger charge is 2.40. The number of aryl methyl sites for hydroxylation is 2. The fraction of sp³-hybridized carbons (Fsp3) is 0.300. The molecular formula is C20H22N2O4. The molecule has 2 amide bonds. The summed E-state index contributed by atoms with van der Waals surface area (Å²) in [6.07, 6.45) is -1.22. The third kappa shape index (κ3) is 3.86. The van der Waals surface area contributed by atoms with Crippen LogP contribution in [0, 0.1) is 13.8 Å². The molecule has 2 N–H and O–H groups in total. The zero-order chi connectivity index (χ0) is 18.7. The van der Waals surface area contributed by atoms with Gasteiger partial charge in [-0.1, -0.05) is 36.4 Å². The van der Waals surface area contributed by atoms with Crippen LogP contribution >= 0.6 is 0 Å². The monoisotopic (exact) mass is 354 g/mol. The van der Waals surface area contributed by atoms with Crippen molar-refractivity contribution in [3.63, 3.8) is 0 Å². The first kappa shape index (κ1) is 17.9. The molecule has 2 atom stereocenters. The Morgan fingerprint density at radius 1 is 1.08 bits per heavy atom. The SMILES string of the molecule is Cc1cccc(C)c1NC(=O)[C@H]1C[C@H](O)CN1C(=O)Oc1ccccc1. The third-order valence-electron chi connectivity index (χ3n) is 4.49. The van der Waals surface area contributed by atoms with Crippen LogP contribution in [-0.4, -0.2) is 40.7 Å². The molecule has 1 aliphatic rings. The van der Waals surface area contributed by atoms with Gasteiger partial charge < -0.3 is 15.2 Å². The molecule has 0 spiro atoms. The lowest BCUT2D eigenvalue weighted by atomic mass is 10.1. The normalized spacial score (nSPS) is 19.3. The molecular weight excluding hydrogens is 332 g/mol. The number of nitrogens with one attached hydrogen (secondary N) is 1. The fourth-order valence-electron chi connectivity index (χ4n) is 3.13. The summed E-state index contributed by atoms with van der Waals surface area (Å²) in [5.74, 6) is 0.0664. The molecule has 26 heavy (non-hydrogen) atoms. The predicted octanol–water partition coefficient (Wildman–Crippen LogP) is 2.88. The van der Waals surface area contributed by atoms with Gasteiger partial charge in [0.2, 0.25) is 5.91 Å². The van der Waals surface area contributed by atoms with Crippen LogP contribution in [0.3, 0.4) is 0 Å². The van der Waals surface area contributed by atoms with Crippen LogP contribution in [0.25, 0.3) is 0 Å². The molecule has 0 aliphatic carbocycles. The molecule has 6 nitrogen and oxygen atoms in total. The van der Waals surface area contributed by atoms with E-state index in [0.29, 0.717) is 5.75 Å². The van der Waals surface area contributed by atoms with Gasteiger partial charge in [0.05, 0.1) is 12.6 Å². The highest BCUT2D eigenvalue weighted by atomic mass is 16.6. The Kier molecular flexibility index (Phi) is 5.23. The molecule has 3 rings (SSSR count). The number of para-hydroxylation sites is 2. The topological polar surface area (TPSA) is 78.9 Å². The molecule has 0 radical (unpaired) electrons. The van der Waals surface area contributed by atoms with Crippen LogP contribution in [0.15, 0.2) is 48.5 Å². The summed E-state index contributed by atoms with van der Waals surface area (Å²) in [5, 5.41) is 12.9. The number of aliphatic hydroxyl groups excluding tert-OH is 1. The van der Waals surface area contributed by atoms with Gasteiger partial charge in [-0.05, 0) is 37.1 Å². The smallest absolute Gasteiger partial charge is 0.410 e. The van der Waals surface area contributed by atoms with Crippen molar-refractivity contribution in [2.75, 3.05) is 11.9 Å². The number of ether oxygens (including phenoxy) is 1. The lowest BCUT2D eigenvalue weighted by molar-refractivity contribution is -0.119. The molecule has 6 heteroatoms. The summed E-state index contributed by atoms with van der Waals surface area (Å²) in [6, 6.07) is 13.6. The molecule has 1 saturated heterocycles. The first-order chi connectivity index (χ1) is 12.5. The van der Waals surface area contributed by atoms with Crippen molar-refractivity contribution in [3.05, 3.63) is 59.7 Å². The first-order valence-electron chi connectivity index (χ1n) is 8.54. The van der Waals surface area contributed by atoms with Gasteiger partial charge >= 0.3 is 6.09 Å². The second-order valence-corrected chi connectivity index (χ2v) is 6.49. The van der Waals surface area contributed by atoms with E-state index in [1.165, 1.54) is 4.90 Å². The number of hydrogen-bond donors (Lipinski definition) is 2. The fourth-order valence-corrected chi connectivity index (χ4v) is 3.13. The van der Waals surface area contributed by atoms with Crippen LogP contribution in [0.4, 0.5) is 10.5 Å². The number of nitrogens with zero attached hydrogens (tertiary/aromatic N) is 1. The number of carbonyl (C=O) groups is 2. The number of rotatable bonds is 3. The van der Waals surface area contributed by atoms with E-state index >= 15 is 0 Å². The summed E-state index contributed by atoms with van der Waals surface area (Å²) < 4.78 is 5.32. The average molecular weight is 354 g/mol. The highest BCUT2D eigenvalue weighted by Crippen LogP contribution is 2.24. The minimum Gasteiger partial charge on any atom is -0.410 e. The quantitative estimate of drug-likeness (QED) is 0.888. The van der Waals surface area contributed by atoms with Crippen LogP contribution in [0.2, 0.25) is 0 Å². The Balaban J connectivity index is 1.74. The number of β-amino-alcohol motifs (C(OH)–C–C–N with tert-alkyl or cyclic N) is 1. The van der Waals surface area contributed by atoms with E-state index in [-0.39, 0.29) is 18.9 Å². The second-order valence-electron chi connectivity index (χ2n) is 6.49. The van der Waals surface area contributed by atoms with Gasteiger partial charge in [0.15, 0.2) is 0 Å². The average Bonchev–Trinajstić information content (AvgIpc) is 3.01. The Morgan fingerprint density at radius 2 is 1.73 bits per heavy atom. The van der Waals surface area contributed by atoms with Crippen molar-refractivity contribution in [2.24, 2.45) is 0 Å². The van der Waals surface area contributed by atoms with Crippen molar-refractivity contribution >= 4 is 17.7 Å². The van der Waals surface area contributed by atoms with Gasteiger partial charge in [0, 0.05) is 12.1 Å². The maximum Gasteiger partial charge on any atom is 0.416 e. The molecule has 0 unspecified atom stereocenters. The maximum absolute atomic E-state index is 12.8. The standard InChI is InChI=1S/C20H22N2O4/c1-13-7-6-8-14(2)18(13)21-19(24)17-11-15(23)12-22(17)20(25)26-16-9-4-3-5-10-16/h3-10,15,17,23H,11-12H2,1-2H3,(H,21,24)/t15-,17+/m0/s1. The number of anilines is 1. The number of benzene rings is 2. The van der Waals surface area contributed by atoms with E-state index in [1.54, 1.807) is 24.3 Å². The second kappa shape index (κ2) is 7.58. The number of aliphatic hydroxyl groups is 1. The van der Waals surface area contributed by atoms with E-state index < -0.39 is 18.2 Å². The van der Waals surface area contributed by atoms with E-state index in [1.807, 2.05) is 38.1 Å². The molecule has 1 heterocycles. The van der Waals surface area contributed by atoms with Crippen molar-refractivity contribution in [1.29, 1.82) is 0 Å². The van der Waals surface area contributed by atoms with Gasteiger partial charge in [-0.3, -0.25) is 9.69 Å². The largest absolute Gasteiger partial charge is 0.416 e. The molecule has 0 aromatic heterocycles. The molecule has 1 aliphatic heterocycles. The summed E-state index contributed by atoms with van der Waals surface area (Å²) in [6.45, 7) is 3.89. The summed E-state index contributed by atoms with van der Waals surface area (Å²) in [4.78, 5) is 26.5. The van der Waals surface area contributed by atoms with Gasteiger partial charge in [-0.15, -0.1) is 0 Å². The Hall–Kier alpha value is -2.86. The molecule has 136 valence electrons. The molecule has 0 bridgehead atoms. The van der Waals surface area contributed by atoms with Crippen molar-refractivity contribution in [1.82, 2.24) is 4.90 Å². The summed E-state index contributed by atoms with van der Waals surface area (Å²) >= 11 is 0. The molecule has 2 aromatic rings. The van der Waals surface area contributed by atoms with Crippen LogP contribution in [0.1, 0.15) is 17.5 Å². The Bertz CT molecular complexity index is 786. The molecule has 1 fully saturated rings. The minimum atomic E-state index is -0.778. The van der Waals surface area contributed by atoms with Gasteiger partial charge in [-0.25, -0.2) is 4.79 Å². The predicted molar refractivity (Wildman–Crippen MR) is 98.1 cm³/mol. The Morgan fingerprint density at radius 3 is 2.38 bits per heavy atom. The molecule has 2 aromatic carbocycles. The minimum absolute atomic E-state index is 0.0660. The van der Waals surface area contributed by atoms with Crippen molar-refractivity contribution in [3.8, 4) is 5.75 Å². The number of hydrogen-bond acceptors (Lipinski definition) is 4. The van der Waals surface area contributed by atoms with Gasteiger partial charge in [0.25, 0.3) is 0 Å². The zero-order valence-electron chi connectivity index (χ0n) is 14.8.